The number of likely N-dealkylation sites (tertiary alicyclic amines) is 1. The van der Waals surface area contributed by atoms with Crippen LogP contribution in [-0.4, -0.2) is 29.0 Å². The fourth-order valence-corrected chi connectivity index (χ4v) is 2.52. The zero-order valence-corrected chi connectivity index (χ0v) is 13.3. The van der Waals surface area contributed by atoms with Gasteiger partial charge in [0.1, 0.15) is 5.60 Å². The topological polar surface area (TPSA) is 46.6 Å². The maximum atomic E-state index is 12.2. The number of halogens is 1. The predicted octanol–water partition coefficient (Wildman–Crippen LogP) is 3.46. The Balaban J connectivity index is 3.00. The van der Waals surface area contributed by atoms with Gasteiger partial charge in [-0.15, -0.1) is 0 Å². The molecule has 0 bridgehead atoms. The van der Waals surface area contributed by atoms with Gasteiger partial charge in [0, 0.05) is 0 Å². The second-order valence-electron chi connectivity index (χ2n) is 6.01. The summed E-state index contributed by atoms with van der Waals surface area (Å²) in [5.74, 6) is -0.217. The Kier molecular flexibility index (Phi) is 3.96. The maximum Gasteiger partial charge on any atom is 0.417 e. The van der Waals surface area contributed by atoms with Gasteiger partial charge < -0.3 is 4.74 Å². The Morgan fingerprint density at radius 3 is 2.22 bits per heavy atom. The van der Waals surface area contributed by atoms with Gasteiger partial charge >= 0.3 is 6.09 Å². The summed E-state index contributed by atoms with van der Waals surface area (Å²) in [5, 5.41) is 0. The number of amides is 2. The van der Waals surface area contributed by atoms with Crippen molar-refractivity contribution >= 4 is 27.9 Å². The molecule has 0 aliphatic carbocycles. The highest BCUT2D eigenvalue weighted by Gasteiger charge is 2.47. The smallest absolute Gasteiger partial charge is 0.417 e. The van der Waals surface area contributed by atoms with Crippen LogP contribution < -0.4 is 0 Å². The van der Waals surface area contributed by atoms with Crippen molar-refractivity contribution in [1.29, 1.82) is 0 Å². The van der Waals surface area contributed by atoms with Crippen molar-refractivity contribution in [3.05, 3.63) is 10.1 Å². The second-order valence-corrected chi connectivity index (χ2v) is 7.20. The number of carbonyl (C=O) groups is 2. The summed E-state index contributed by atoms with van der Waals surface area (Å²) in [6.07, 6.45) is -0.579. The average molecular weight is 318 g/mol. The van der Waals surface area contributed by atoms with Crippen LogP contribution in [0.25, 0.3) is 0 Å². The molecule has 1 fully saturated rings. The van der Waals surface area contributed by atoms with E-state index in [1.54, 1.807) is 20.8 Å². The van der Waals surface area contributed by atoms with Crippen molar-refractivity contribution in [1.82, 2.24) is 4.90 Å². The van der Waals surface area contributed by atoms with Gasteiger partial charge in [-0.2, -0.15) is 0 Å². The molecule has 0 radical (unpaired) electrons. The second kappa shape index (κ2) is 4.68. The van der Waals surface area contributed by atoms with E-state index in [0.717, 1.165) is 10.1 Å². The lowest BCUT2D eigenvalue weighted by Crippen LogP contribution is -2.40. The maximum absolute atomic E-state index is 12.2. The van der Waals surface area contributed by atoms with Gasteiger partial charge in [-0.05, 0) is 51.6 Å². The highest BCUT2D eigenvalue weighted by atomic mass is 79.9. The largest absolute Gasteiger partial charge is 0.443 e. The third-order valence-electron chi connectivity index (χ3n) is 2.88. The van der Waals surface area contributed by atoms with Crippen molar-refractivity contribution in [3.8, 4) is 0 Å². The van der Waals surface area contributed by atoms with E-state index in [-0.39, 0.29) is 12.5 Å². The van der Waals surface area contributed by atoms with Crippen molar-refractivity contribution < 1.29 is 14.3 Å². The van der Waals surface area contributed by atoms with Crippen LogP contribution in [0.4, 0.5) is 4.79 Å². The first-order valence-corrected chi connectivity index (χ1v) is 6.67. The van der Waals surface area contributed by atoms with Gasteiger partial charge in [0.2, 0.25) is 5.91 Å². The lowest BCUT2D eigenvalue weighted by molar-refractivity contribution is -0.133. The molecule has 0 aromatic heterocycles. The molecule has 0 aromatic rings. The van der Waals surface area contributed by atoms with Crippen molar-refractivity contribution in [2.75, 3.05) is 6.54 Å². The summed E-state index contributed by atoms with van der Waals surface area (Å²) >= 11 is 3.39. The normalized spacial score (nSPS) is 22.2. The SMILES string of the molecule is C/C(Br)=C1/CN(C(=O)OC(C)(C)C)C(=O)C1(C)C. The fourth-order valence-electron chi connectivity index (χ4n) is 1.90. The molecule has 1 saturated heterocycles. The predicted molar refractivity (Wildman–Crippen MR) is 73.4 cm³/mol. The quantitative estimate of drug-likeness (QED) is 0.687. The molecule has 0 aromatic carbocycles. The monoisotopic (exact) mass is 317 g/mol. The van der Waals surface area contributed by atoms with Gasteiger partial charge in [0.15, 0.2) is 0 Å². The average Bonchev–Trinajstić information content (AvgIpc) is 2.36. The summed E-state index contributed by atoms with van der Waals surface area (Å²) in [6, 6.07) is 0. The van der Waals surface area contributed by atoms with Crippen molar-refractivity contribution in [2.24, 2.45) is 5.41 Å². The van der Waals surface area contributed by atoms with Gasteiger partial charge in [0.05, 0.1) is 12.0 Å². The standard InChI is InChI=1S/C13H20BrNO3/c1-8(14)9-7-15(10(16)13(9,5)6)11(17)18-12(2,3)4/h7H2,1-6H3/b9-8+. The third kappa shape index (κ3) is 2.94. The number of carbonyl (C=O) groups excluding carboxylic acids is 2. The van der Waals surface area contributed by atoms with Crippen LogP contribution in [-0.2, 0) is 9.53 Å². The number of nitrogens with zero attached hydrogens (tertiary/aromatic N) is 1. The van der Waals surface area contributed by atoms with Crippen LogP contribution in [0.2, 0.25) is 0 Å². The molecule has 0 N–H and O–H groups in total. The zero-order valence-electron chi connectivity index (χ0n) is 11.8. The molecule has 0 spiro atoms. The van der Waals surface area contributed by atoms with Crippen LogP contribution in [0.3, 0.4) is 0 Å². The van der Waals surface area contributed by atoms with Gasteiger partial charge in [-0.25, -0.2) is 9.69 Å². The molecule has 5 heteroatoms. The highest BCUT2D eigenvalue weighted by Crippen LogP contribution is 2.39. The molecule has 2 amide bonds. The van der Waals surface area contributed by atoms with Crippen LogP contribution in [0.15, 0.2) is 10.1 Å². The van der Waals surface area contributed by atoms with Crippen LogP contribution in [0, 0.1) is 5.41 Å². The number of ether oxygens (including phenoxy) is 1. The van der Waals surface area contributed by atoms with E-state index in [0.29, 0.717) is 0 Å². The summed E-state index contributed by atoms with van der Waals surface area (Å²) in [4.78, 5) is 25.4. The van der Waals surface area contributed by atoms with E-state index in [2.05, 4.69) is 15.9 Å². The molecular weight excluding hydrogens is 298 g/mol. The summed E-state index contributed by atoms with van der Waals surface area (Å²) in [5.41, 5.74) is -0.347. The van der Waals surface area contributed by atoms with E-state index in [9.17, 15) is 9.59 Å². The van der Waals surface area contributed by atoms with Gasteiger partial charge in [-0.3, -0.25) is 4.79 Å². The Labute approximate surface area is 116 Å². The van der Waals surface area contributed by atoms with Crippen LogP contribution in [0.5, 0.6) is 0 Å². The lowest BCUT2D eigenvalue weighted by Gasteiger charge is -2.24. The number of hydrogen-bond donors (Lipinski definition) is 0. The molecule has 0 atom stereocenters. The number of rotatable bonds is 0. The zero-order chi connectivity index (χ0) is 14.3. The first-order valence-electron chi connectivity index (χ1n) is 5.87. The Bertz CT molecular complexity index is 414. The third-order valence-corrected chi connectivity index (χ3v) is 3.36. The fraction of sp³-hybridized carbons (Fsp3) is 0.692. The van der Waals surface area contributed by atoms with Crippen LogP contribution in [0.1, 0.15) is 41.5 Å². The molecule has 4 nitrogen and oxygen atoms in total. The van der Waals surface area contributed by atoms with E-state index >= 15 is 0 Å². The minimum absolute atomic E-state index is 0.217. The Hall–Kier alpha value is -0.840. The molecule has 0 unspecified atom stereocenters. The number of hydrogen-bond acceptors (Lipinski definition) is 3. The summed E-state index contributed by atoms with van der Waals surface area (Å²) in [7, 11) is 0. The van der Waals surface area contributed by atoms with E-state index in [4.69, 9.17) is 4.74 Å². The number of imide groups is 1. The molecule has 102 valence electrons. The van der Waals surface area contributed by atoms with E-state index in [1.807, 2.05) is 20.8 Å². The van der Waals surface area contributed by atoms with Crippen molar-refractivity contribution in [2.45, 2.75) is 47.1 Å². The minimum atomic E-state index is -0.662. The molecule has 1 rings (SSSR count). The van der Waals surface area contributed by atoms with E-state index in [1.165, 1.54) is 4.90 Å². The summed E-state index contributed by atoms with van der Waals surface area (Å²) in [6.45, 7) is 11.1. The lowest BCUT2D eigenvalue weighted by atomic mass is 9.86. The minimum Gasteiger partial charge on any atom is -0.443 e. The molecular formula is C13H20BrNO3. The molecule has 1 aliphatic heterocycles. The first-order chi connectivity index (χ1) is 7.97. The summed E-state index contributed by atoms with van der Waals surface area (Å²) < 4.78 is 6.14. The molecule has 1 aliphatic rings. The van der Waals surface area contributed by atoms with Gasteiger partial charge in [-0.1, -0.05) is 15.9 Å². The Morgan fingerprint density at radius 2 is 1.89 bits per heavy atom. The van der Waals surface area contributed by atoms with Crippen LogP contribution >= 0.6 is 15.9 Å². The first kappa shape index (κ1) is 15.2. The molecule has 1 heterocycles. The highest BCUT2D eigenvalue weighted by molar-refractivity contribution is 9.11. The molecule has 0 saturated carbocycles. The Morgan fingerprint density at radius 1 is 1.39 bits per heavy atom. The van der Waals surface area contributed by atoms with Gasteiger partial charge in [0.25, 0.3) is 0 Å². The number of allylic oxidation sites excluding steroid dienone is 1. The van der Waals surface area contributed by atoms with Crippen molar-refractivity contribution in [3.63, 3.8) is 0 Å². The molecule has 18 heavy (non-hydrogen) atoms. The van der Waals surface area contributed by atoms with E-state index < -0.39 is 17.1 Å².